The molecule has 0 rings (SSSR count). The number of ether oxygens (including phenoxy) is 2. The smallest absolute Gasteiger partial charge is 0.170 e. The largest absolute Gasteiger partial charge is 0.367 e. The van der Waals surface area contributed by atoms with E-state index in [9.17, 15) is 5.11 Å². The normalized spacial score (nSPS) is 16.5. The van der Waals surface area contributed by atoms with E-state index >= 15 is 0 Å². The first-order valence-electron chi connectivity index (χ1n) is 4.16. The van der Waals surface area contributed by atoms with Crippen molar-refractivity contribution in [3.05, 3.63) is 0 Å². The van der Waals surface area contributed by atoms with E-state index in [-0.39, 0.29) is 6.29 Å². The SMILES string of the molecule is CCOC(C)OC(O)CN(C)C. The molecule has 0 aromatic heterocycles. The van der Waals surface area contributed by atoms with Gasteiger partial charge in [-0.15, -0.1) is 0 Å². The monoisotopic (exact) mass is 177 g/mol. The molecule has 0 radical (unpaired) electrons. The lowest BCUT2D eigenvalue weighted by Gasteiger charge is -2.20. The van der Waals surface area contributed by atoms with Gasteiger partial charge in [0.15, 0.2) is 12.6 Å². The molecule has 0 heterocycles. The van der Waals surface area contributed by atoms with E-state index in [1.54, 1.807) is 6.92 Å². The molecule has 2 atom stereocenters. The summed E-state index contributed by atoms with van der Waals surface area (Å²) in [6.07, 6.45) is -1.12. The van der Waals surface area contributed by atoms with Crippen molar-refractivity contribution < 1.29 is 14.6 Å². The van der Waals surface area contributed by atoms with Crippen LogP contribution < -0.4 is 0 Å². The Kier molecular flexibility index (Phi) is 6.28. The van der Waals surface area contributed by atoms with Gasteiger partial charge in [0.25, 0.3) is 0 Å². The zero-order valence-corrected chi connectivity index (χ0v) is 8.28. The van der Waals surface area contributed by atoms with Gasteiger partial charge in [-0.3, -0.25) is 0 Å². The highest BCUT2D eigenvalue weighted by molar-refractivity contribution is 4.46. The molecule has 74 valence electrons. The maximum Gasteiger partial charge on any atom is 0.170 e. The molecule has 0 saturated heterocycles. The summed E-state index contributed by atoms with van der Waals surface area (Å²) < 4.78 is 10.2. The number of hydrogen-bond acceptors (Lipinski definition) is 4. The molecule has 0 saturated carbocycles. The molecule has 0 aromatic rings. The number of aliphatic hydroxyl groups is 1. The fourth-order valence-corrected chi connectivity index (χ4v) is 0.851. The molecule has 1 N–H and O–H groups in total. The van der Waals surface area contributed by atoms with Gasteiger partial charge in [0, 0.05) is 13.2 Å². The molecule has 12 heavy (non-hydrogen) atoms. The summed E-state index contributed by atoms with van der Waals surface area (Å²) >= 11 is 0. The second-order valence-corrected chi connectivity index (χ2v) is 2.88. The number of aliphatic hydroxyl groups excluding tert-OH is 1. The van der Waals surface area contributed by atoms with Crippen molar-refractivity contribution in [2.75, 3.05) is 27.2 Å². The van der Waals surface area contributed by atoms with Gasteiger partial charge in [-0.05, 0) is 27.9 Å². The van der Waals surface area contributed by atoms with Crippen LogP contribution in [-0.4, -0.2) is 49.8 Å². The predicted octanol–water partition coefficient (Wildman–Crippen LogP) is 0.265. The van der Waals surface area contributed by atoms with Crippen LogP contribution in [0.15, 0.2) is 0 Å². The highest BCUT2D eigenvalue weighted by atomic mass is 16.7. The number of hydrogen-bond donors (Lipinski definition) is 1. The third-order valence-corrected chi connectivity index (χ3v) is 1.27. The first kappa shape index (κ1) is 11.8. The summed E-state index contributed by atoms with van der Waals surface area (Å²) in [5, 5.41) is 9.27. The van der Waals surface area contributed by atoms with Crippen LogP contribution in [0.3, 0.4) is 0 Å². The summed E-state index contributed by atoms with van der Waals surface area (Å²) in [6.45, 7) is 4.73. The number of likely N-dealkylation sites (N-methyl/N-ethyl adjacent to an activating group) is 1. The average molecular weight is 177 g/mol. The summed E-state index contributed by atoms with van der Waals surface area (Å²) in [5.74, 6) is 0. The van der Waals surface area contributed by atoms with Crippen molar-refractivity contribution in [1.29, 1.82) is 0 Å². The second kappa shape index (κ2) is 6.37. The van der Waals surface area contributed by atoms with E-state index in [2.05, 4.69) is 0 Å². The molecule has 0 amide bonds. The Labute approximate surface area is 74.1 Å². The Morgan fingerprint density at radius 2 is 2.00 bits per heavy atom. The van der Waals surface area contributed by atoms with Crippen molar-refractivity contribution in [3.63, 3.8) is 0 Å². The lowest BCUT2D eigenvalue weighted by molar-refractivity contribution is -0.221. The van der Waals surface area contributed by atoms with Crippen LogP contribution >= 0.6 is 0 Å². The topological polar surface area (TPSA) is 41.9 Å². The summed E-state index contributed by atoms with van der Waals surface area (Å²) in [7, 11) is 3.75. The van der Waals surface area contributed by atoms with Crippen LogP contribution in [0.5, 0.6) is 0 Å². The second-order valence-electron chi connectivity index (χ2n) is 2.88. The van der Waals surface area contributed by atoms with Crippen molar-refractivity contribution >= 4 is 0 Å². The average Bonchev–Trinajstić information content (AvgIpc) is 1.84. The van der Waals surface area contributed by atoms with Gasteiger partial charge in [-0.2, -0.15) is 0 Å². The van der Waals surface area contributed by atoms with Crippen LogP contribution in [0.2, 0.25) is 0 Å². The van der Waals surface area contributed by atoms with Gasteiger partial charge in [0.1, 0.15) is 0 Å². The third kappa shape index (κ3) is 6.54. The summed E-state index contributed by atoms with van der Waals surface area (Å²) in [6, 6.07) is 0. The minimum atomic E-state index is -0.776. The standard InChI is InChI=1S/C8H19NO3/c1-5-11-7(2)12-8(10)6-9(3)4/h7-8,10H,5-6H2,1-4H3. The van der Waals surface area contributed by atoms with E-state index in [4.69, 9.17) is 9.47 Å². The Morgan fingerprint density at radius 1 is 1.42 bits per heavy atom. The van der Waals surface area contributed by atoms with Gasteiger partial charge in [0.05, 0.1) is 0 Å². The molecule has 0 aliphatic carbocycles. The van der Waals surface area contributed by atoms with E-state index < -0.39 is 6.29 Å². The van der Waals surface area contributed by atoms with Gasteiger partial charge in [-0.1, -0.05) is 0 Å². The van der Waals surface area contributed by atoms with Crippen molar-refractivity contribution in [3.8, 4) is 0 Å². The van der Waals surface area contributed by atoms with E-state index in [1.165, 1.54) is 0 Å². The minimum Gasteiger partial charge on any atom is -0.367 e. The molecule has 0 aliphatic rings. The zero-order chi connectivity index (χ0) is 9.56. The fourth-order valence-electron chi connectivity index (χ4n) is 0.851. The lowest BCUT2D eigenvalue weighted by Crippen LogP contribution is -2.31. The third-order valence-electron chi connectivity index (χ3n) is 1.27. The van der Waals surface area contributed by atoms with Crippen molar-refractivity contribution in [2.45, 2.75) is 26.4 Å². The number of nitrogens with zero attached hydrogens (tertiary/aromatic N) is 1. The van der Waals surface area contributed by atoms with Crippen LogP contribution in [0.4, 0.5) is 0 Å². The molecule has 0 bridgehead atoms. The van der Waals surface area contributed by atoms with Crippen molar-refractivity contribution in [2.24, 2.45) is 0 Å². The van der Waals surface area contributed by atoms with E-state index in [0.29, 0.717) is 13.2 Å². The van der Waals surface area contributed by atoms with Crippen LogP contribution in [0, 0.1) is 0 Å². The molecular weight excluding hydrogens is 158 g/mol. The Balaban J connectivity index is 3.46. The highest BCUT2D eigenvalue weighted by Crippen LogP contribution is 1.98. The molecule has 4 heteroatoms. The first-order valence-corrected chi connectivity index (χ1v) is 4.16. The van der Waals surface area contributed by atoms with Gasteiger partial charge >= 0.3 is 0 Å². The number of rotatable bonds is 6. The molecular formula is C8H19NO3. The van der Waals surface area contributed by atoms with Gasteiger partial charge in [-0.25, -0.2) is 0 Å². The minimum absolute atomic E-state index is 0.343. The molecule has 2 unspecified atom stereocenters. The quantitative estimate of drug-likeness (QED) is 0.591. The lowest BCUT2D eigenvalue weighted by atomic mass is 10.5. The first-order chi connectivity index (χ1) is 5.56. The van der Waals surface area contributed by atoms with Crippen LogP contribution in [0.1, 0.15) is 13.8 Å². The Bertz CT molecular complexity index is 108. The molecule has 0 aromatic carbocycles. The zero-order valence-electron chi connectivity index (χ0n) is 8.28. The van der Waals surface area contributed by atoms with E-state index in [0.717, 1.165) is 0 Å². The van der Waals surface area contributed by atoms with E-state index in [1.807, 2.05) is 25.9 Å². The van der Waals surface area contributed by atoms with Crippen LogP contribution in [-0.2, 0) is 9.47 Å². The fraction of sp³-hybridized carbons (Fsp3) is 1.00. The molecule has 0 fully saturated rings. The highest BCUT2D eigenvalue weighted by Gasteiger charge is 2.09. The summed E-state index contributed by atoms with van der Waals surface area (Å²) in [5.41, 5.74) is 0. The Hall–Kier alpha value is -0.160. The van der Waals surface area contributed by atoms with Gasteiger partial charge < -0.3 is 19.5 Å². The predicted molar refractivity (Wildman–Crippen MR) is 46.7 cm³/mol. The van der Waals surface area contributed by atoms with Crippen LogP contribution in [0.25, 0.3) is 0 Å². The molecule has 0 spiro atoms. The molecule has 0 aliphatic heterocycles. The maximum atomic E-state index is 9.27. The van der Waals surface area contributed by atoms with Crippen molar-refractivity contribution in [1.82, 2.24) is 4.90 Å². The summed E-state index contributed by atoms with van der Waals surface area (Å²) in [4.78, 5) is 1.85. The maximum absolute atomic E-state index is 9.27. The Morgan fingerprint density at radius 3 is 2.42 bits per heavy atom. The van der Waals surface area contributed by atoms with Gasteiger partial charge in [0.2, 0.25) is 0 Å². The molecule has 4 nitrogen and oxygen atoms in total.